The summed E-state index contributed by atoms with van der Waals surface area (Å²) in [4.78, 5) is 4.40. The number of benzene rings is 2. The van der Waals surface area contributed by atoms with Crippen molar-refractivity contribution >= 4 is 40.9 Å². The van der Waals surface area contributed by atoms with Crippen LogP contribution in [0.3, 0.4) is 0 Å². The number of ether oxygens (including phenoxy) is 1. The predicted octanol–water partition coefficient (Wildman–Crippen LogP) is 4.70. The van der Waals surface area contributed by atoms with Gasteiger partial charge in [-0.25, -0.2) is 10.1 Å². The van der Waals surface area contributed by atoms with E-state index in [0.717, 1.165) is 22.2 Å². The van der Waals surface area contributed by atoms with Crippen molar-refractivity contribution < 1.29 is 4.74 Å². The zero-order valence-electron chi connectivity index (χ0n) is 14.3. The summed E-state index contributed by atoms with van der Waals surface area (Å²) in [6.45, 7) is 0. The summed E-state index contributed by atoms with van der Waals surface area (Å²) >= 11 is 11.6. The molecule has 0 saturated heterocycles. The standard InChI is InChI=1S/C19H14ClN5OS/c1-26-15-8-6-12(7-9-15)18-23-24-19(27)25(18)21-11-14-10-13-4-2-3-5-16(13)22-17(14)20/h2-11H,1H3,(H,24,27)/b21-11+. The Morgan fingerprint density at radius 2 is 1.96 bits per heavy atom. The summed E-state index contributed by atoms with van der Waals surface area (Å²) in [7, 11) is 1.62. The monoisotopic (exact) mass is 395 g/mol. The molecular weight excluding hydrogens is 382 g/mol. The zero-order valence-corrected chi connectivity index (χ0v) is 15.8. The van der Waals surface area contributed by atoms with Crippen LogP contribution >= 0.6 is 23.8 Å². The van der Waals surface area contributed by atoms with Gasteiger partial charge in [-0.05, 0) is 48.6 Å². The van der Waals surface area contributed by atoms with Crippen LogP contribution in [0.15, 0.2) is 59.7 Å². The molecule has 27 heavy (non-hydrogen) atoms. The van der Waals surface area contributed by atoms with Gasteiger partial charge in [0, 0.05) is 16.5 Å². The molecule has 134 valence electrons. The minimum Gasteiger partial charge on any atom is -0.497 e. The number of aromatic amines is 1. The molecule has 0 aliphatic carbocycles. The second kappa shape index (κ2) is 7.30. The molecule has 2 heterocycles. The third-order valence-electron chi connectivity index (χ3n) is 4.02. The van der Waals surface area contributed by atoms with E-state index in [2.05, 4.69) is 20.3 Å². The second-order valence-corrected chi connectivity index (χ2v) is 6.44. The van der Waals surface area contributed by atoms with Crippen molar-refractivity contribution in [3.05, 3.63) is 70.1 Å². The molecule has 0 aliphatic heterocycles. The number of aromatic nitrogens is 4. The molecular formula is C19H14ClN5OS. The smallest absolute Gasteiger partial charge is 0.216 e. The van der Waals surface area contributed by atoms with Crippen LogP contribution in [0.4, 0.5) is 0 Å². The number of halogens is 1. The molecule has 0 amide bonds. The molecule has 2 aromatic heterocycles. The van der Waals surface area contributed by atoms with Crippen LogP contribution < -0.4 is 4.74 Å². The number of H-pyrrole nitrogens is 1. The Morgan fingerprint density at radius 1 is 1.19 bits per heavy atom. The van der Waals surface area contributed by atoms with Gasteiger partial charge in [-0.1, -0.05) is 29.8 Å². The topological polar surface area (TPSA) is 68.1 Å². The van der Waals surface area contributed by atoms with E-state index in [1.54, 1.807) is 18.0 Å². The average molecular weight is 396 g/mol. The normalized spacial score (nSPS) is 11.3. The number of methoxy groups -OCH3 is 1. The highest BCUT2D eigenvalue weighted by Crippen LogP contribution is 2.22. The third-order valence-corrected chi connectivity index (χ3v) is 4.58. The average Bonchev–Trinajstić information content (AvgIpc) is 3.07. The van der Waals surface area contributed by atoms with Crippen LogP contribution in [-0.4, -0.2) is 33.2 Å². The first kappa shape index (κ1) is 17.4. The lowest BCUT2D eigenvalue weighted by atomic mass is 10.2. The summed E-state index contributed by atoms with van der Waals surface area (Å²) in [5.74, 6) is 1.35. The lowest BCUT2D eigenvalue weighted by molar-refractivity contribution is 0.415. The number of para-hydroxylation sites is 1. The molecule has 0 radical (unpaired) electrons. The molecule has 4 aromatic rings. The summed E-state index contributed by atoms with van der Waals surface area (Å²) < 4.78 is 7.11. The quantitative estimate of drug-likeness (QED) is 0.309. The number of fused-ring (bicyclic) bond motifs is 1. The summed E-state index contributed by atoms with van der Waals surface area (Å²) in [6, 6.07) is 17.2. The highest BCUT2D eigenvalue weighted by molar-refractivity contribution is 7.71. The van der Waals surface area contributed by atoms with Crippen LogP contribution in [0.25, 0.3) is 22.3 Å². The van der Waals surface area contributed by atoms with E-state index in [4.69, 9.17) is 28.6 Å². The molecule has 8 heteroatoms. The Morgan fingerprint density at radius 3 is 2.74 bits per heavy atom. The highest BCUT2D eigenvalue weighted by atomic mass is 35.5. The summed E-state index contributed by atoms with van der Waals surface area (Å²) in [6.07, 6.45) is 1.63. The summed E-state index contributed by atoms with van der Waals surface area (Å²) in [5, 5.41) is 12.9. The summed E-state index contributed by atoms with van der Waals surface area (Å²) in [5.41, 5.74) is 2.38. The van der Waals surface area contributed by atoms with Crippen molar-refractivity contribution in [3.8, 4) is 17.1 Å². The van der Waals surface area contributed by atoms with Crippen molar-refractivity contribution in [2.24, 2.45) is 5.10 Å². The Labute approximate surface area is 165 Å². The molecule has 0 unspecified atom stereocenters. The number of rotatable bonds is 4. The molecule has 0 atom stereocenters. The number of hydrogen-bond acceptors (Lipinski definition) is 5. The van der Waals surface area contributed by atoms with Gasteiger partial charge in [0.1, 0.15) is 10.9 Å². The fourth-order valence-corrected chi connectivity index (χ4v) is 3.02. The lowest BCUT2D eigenvalue weighted by Crippen LogP contribution is -1.96. The van der Waals surface area contributed by atoms with Gasteiger partial charge in [-0.15, -0.1) is 0 Å². The van der Waals surface area contributed by atoms with Gasteiger partial charge >= 0.3 is 0 Å². The minimum absolute atomic E-state index is 0.374. The highest BCUT2D eigenvalue weighted by Gasteiger charge is 2.09. The van der Waals surface area contributed by atoms with Gasteiger partial charge in [-0.3, -0.25) is 0 Å². The number of hydrogen-bond donors (Lipinski definition) is 1. The lowest BCUT2D eigenvalue weighted by Gasteiger charge is -2.04. The van der Waals surface area contributed by atoms with E-state index in [-0.39, 0.29) is 0 Å². The number of pyridine rings is 1. The van der Waals surface area contributed by atoms with E-state index in [0.29, 0.717) is 21.3 Å². The first-order valence-corrected chi connectivity index (χ1v) is 8.86. The first-order chi connectivity index (χ1) is 13.2. The molecule has 0 fully saturated rings. The van der Waals surface area contributed by atoms with E-state index in [9.17, 15) is 0 Å². The molecule has 0 aliphatic rings. The maximum absolute atomic E-state index is 6.30. The Kier molecular flexibility index (Phi) is 4.70. The molecule has 0 bridgehead atoms. The van der Waals surface area contributed by atoms with E-state index >= 15 is 0 Å². The van der Waals surface area contributed by atoms with E-state index in [1.807, 2.05) is 54.6 Å². The Bertz CT molecular complexity index is 1200. The van der Waals surface area contributed by atoms with Crippen LogP contribution in [0, 0.1) is 4.77 Å². The van der Waals surface area contributed by atoms with Gasteiger partial charge in [0.05, 0.1) is 18.8 Å². The predicted molar refractivity (Wildman–Crippen MR) is 109 cm³/mol. The van der Waals surface area contributed by atoms with Crippen LogP contribution in [0.2, 0.25) is 5.15 Å². The van der Waals surface area contributed by atoms with Gasteiger partial charge in [-0.2, -0.15) is 14.9 Å². The maximum atomic E-state index is 6.30. The van der Waals surface area contributed by atoms with Crippen LogP contribution in [-0.2, 0) is 0 Å². The molecule has 2 aromatic carbocycles. The van der Waals surface area contributed by atoms with Crippen LogP contribution in [0.5, 0.6) is 5.75 Å². The zero-order chi connectivity index (χ0) is 18.8. The first-order valence-electron chi connectivity index (χ1n) is 8.07. The van der Waals surface area contributed by atoms with Gasteiger partial charge in [0.15, 0.2) is 5.82 Å². The molecule has 0 saturated carbocycles. The SMILES string of the molecule is COc1ccc(-c2n[nH]c(=S)n2/N=C/c2cc3ccccc3nc2Cl)cc1. The van der Waals surface area contributed by atoms with Crippen LogP contribution in [0.1, 0.15) is 5.56 Å². The Balaban J connectivity index is 1.73. The fourth-order valence-electron chi connectivity index (χ4n) is 2.64. The van der Waals surface area contributed by atoms with Gasteiger partial charge in [0.2, 0.25) is 4.77 Å². The molecule has 4 rings (SSSR count). The molecule has 1 N–H and O–H groups in total. The third kappa shape index (κ3) is 3.47. The van der Waals surface area contributed by atoms with Gasteiger partial charge < -0.3 is 4.74 Å². The Hall–Kier alpha value is -3.03. The molecule has 6 nitrogen and oxygen atoms in total. The van der Waals surface area contributed by atoms with E-state index < -0.39 is 0 Å². The van der Waals surface area contributed by atoms with Crippen molar-refractivity contribution in [1.82, 2.24) is 19.9 Å². The molecule has 0 spiro atoms. The fraction of sp³-hybridized carbons (Fsp3) is 0.0526. The second-order valence-electron chi connectivity index (χ2n) is 5.70. The van der Waals surface area contributed by atoms with Crippen molar-refractivity contribution in [2.45, 2.75) is 0 Å². The van der Waals surface area contributed by atoms with E-state index in [1.165, 1.54) is 0 Å². The number of nitrogens with zero attached hydrogens (tertiary/aromatic N) is 4. The van der Waals surface area contributed by atoms with Gasteiger partial charge in [0.25, 0.3) is 0 Å². The number of nitrogens with one attached hydrogen (secondary N) is 1. The van der Waals surface area contributed by atoms with Crippen molar-refractivity contribution in [3.63, 3.8) is 0 Å². The maximum Gasteiger partial charge on any atom is 0.216 e. The largest absolute Gasteiger partial charge is 0.497 e. The minimum atomic E-state index is 0.374. The van der Waals surface area contributed by atoms with Crippen molar-refractivity contribution in [2.75, 3.05) is 7.11 Å². The van der Waals surface area contributed by atoms with Crippen molar-refractivity contribution in [1.29, 1.82) is 0 Å².